The summed E-state index contributed by atoms with van der Waals surface area (Å²) >= 11 is 0. The van der Waals surface area contributed by atoms with E-state index in [2.05, 4.69) is 17.0 Å². The first-order valence-electron chi connectivity index (χ1n) is 13.1. The van der Waals surface area contributed by atoms with E-state index < -0.39 is 29.8 Å². The molecule has 33 heavy (non-hydrogen) atoms. The lowest BCUT2D eigenvalue weighted by molar-refractivity contribution is -0.179. The molecule has 1 heterocycles. The Bertz CT molecular complexity index is 575. The predicted molar refractivity (Wildman–Crippen MR) is 126 cm³/mol. The summed E-state index contributed by atoms with van der Waals surface area (Å²) in [4.78, 5) is 35.3. The van der Waals surface area contributed by atoms with Crippen LogP contribution in [0.25, 0.3) is 0 Å². The molecule has 0 aromatic heterocycles. The van der Waals surface area contributed by atoms with Crippen molar-refractivity contribution < 1.29 is 28.2 Å². The summed E-state index contributed by atoms with van der Waals surface area (Å²) in [7, 11) is 0. The van der Waals surface area contributed by atoms with Crippen molar-refractivity contribution in [1.82, 2.24) is 10.6 Å². The number of hydrogen-bond acceptors (Lipinski definition) is 5. The summed E-state index contributed by atoms with van der Waals surface area (Å²) in [5, 5.41) is 3.91. The standard InChI is InChI=1S/C25H45FN2O5/c1-3-5-6-7-8-9-10-11-12-13-14-15-16-17-18-19-20-33-22-25(26,23(30)32-4-2)21(29)27-24(31)28-22/h22H,3-20H2,1-2H3,(H2,27,28,29,31). The summed E-state index contributed by atoms with van der Waals surface area (Å²) in [5.41, 5.74) is -3.08. The lowest BCUT2D eigenvalue weighted by atomic mass is 10.0. The Hall–Kier alpha value is -1.70. The second-order valence-corrected chi connectivity index (χ2v) is 8.91. The Balaban J connectivity index is 2.04. The highest BCUT2D eigenvalue weighted by Gasteiger charge is 2.59. The van der Waals surface area contributed by atoms with Crippen LogP contribution in [0.1, 0.15) is 117 Å². The van der Waals surface area contributed by atoms with Crippen molar-refractivity contribution in [2.45, 2.75) is 128 Å². The molecule has 192 valence electrons. The number of carbonyl (C=O) groups excluding carboxylic acids is 3. The Kier molecular flexibility index (Phi) is 15.8. The monoisotopic (exact) mass is 472 g/mol. The van der Waals surface area contributed by atoms with E-state index in [1.54, 1.807) is 5.32 Å². The molecular formula is C25H45FN2O5. The minimum atomic E-state index is -3.08. The molecule has 3 amide bonds. The molecule has 2 N–H and O–H groups in total. The number of halogens is 1. The van der Waals surface area contributed by atoms with E-state index in [1.165, 1.54) is 84.0 Å². The molecule has 2 atom stereocenters. The number of amides is 3. The van der Waals surface area contributed by atoms with Gasteiger partial charge in [0, 0.05) is 6.61 Å². The largest absolute Gasteiger partial charge is 0.463 e. The van der Waals surface area contributed by atoms with Crippen molar-refractivity contribution in [1.29, 1.82) is 0 Å². The highest BCUT2D eigenvalue weighted by Crippen LogP contribution is 2.24. The molecule has 2 unspecified atom stereocenters. The van der Waals surface area contributed by atoms with Crippen LogP contribution in [0, 0.1) is 0 Å². The fraction of sp³-hybridized carbons (Fsp3) is 0.880. The normalized spacial score (nSPS) is 20.4. The molecule has 1 aliphatic rings. The second-order valence-electron chi connectivity index (χ2n) is 8.91. The van der Waals surface area contributed by atoms with Gasteiger partial charge in [-0.1, -0.05) is 103 Å². The number of urea groups is 1. The van der Waals surface area contributed by atoms with Crippen LogP contribution < -0.4 is 10.6 Å². The molecule has 0 aromatic carbocycles. The first-order chi connectivity index (χ1) is 16.0. The van der Waals surface area contributed by atoms with Crippen molar-refractivity contribution in [3.8, 4) is 0 Å². The van der Waals surface area contributed by atoms with Crippen LogP contribution in [0.3, 0.4) is 0 Å². The van der Waals surface area contributed by atoms with Crippen molar-refractivity contribution in [2.24, 2.45) is 0 Å². The molecule has 0 aliphatic carbocycles. The molecule has 0 aromatic rings. The fourth-order valence-corrected chi connectivity index (χ4v) is 4.01. The quantitative estimate of drug-likeness (QED) is 0.135. The van der Waals surface area contributed by atoms with Crippen LogP contribution >= 0.6 is 0 Å². The maximum Gasteiger partial charge on any atom is 0.358 e. The van der Waals surface area contributed by atoms with Crippen LogP contribution in [-0.2, 0) is 19.1 Å². The lowest BCUT2D eigenvalue weighted by Gasteiger charge is -2.34. The van der Waals surface area contributed by atoms with E-state index in [-0.39, 0.29) is 13.2 Å². The average Bonchev–Trinajstić information content (AvgIpc) is 2.79. The highest BCUT2D eigenvalue weighted by molar-refractivity contribution is 6.14. The first-order valence-corrected chi connectivity index (χ1v) is 13.1. The molecule has 1 rings (SSSR count). The van der Waals surface area contributed by atoms with Gasteiger partial charge in [0.2, 0.25) is 0 Å². The van der Waals surface area contributed by atoms with Gasteiger partial charge in [-0.25, -0.2) is 14.0 Å². The third-order valence-electron chi connectivity index (χ3n) is 6.04. The zero-order valence-corrected chi connectivity index (χ0v) is 20.7. The van der Waals surface area contributed by atoms with E-state index >= 15 is 4.39 Å². The molecule has 1 fully saturated rings. The minimum Gasteiger partial charge on any atom is -0.463 e. The topological polar surface area (TPSA) is 93.7 Å². The van der Waals surface area contributed by atoms with E-state index in [0.717, 1.165) is 19.3 Å². The van der Waals surface area contributed by atoms with Gasteiger partial charge in [0.15, 0.2) is 6.23 Å². The van der Waals surface area contributed by atoms with Crippen LogP contribution in [-0.4, -0.2) is 43.0 Å². The molecule has 8 heteroatoms. The van der Waals surface area contributed by atoms with Crippen LogP contribution in [0.15, 0.2) is 0 Å². The smallest absolute Gasteiger partial charge is 0.358 e. The molecule has 7 nitrogen and oxygen atoms in total. The second kappa shape index (κ2) is 17.7. The number of carbonyl (C=O) groups is 3. The number of ether oxygens (including phenoxy) is 2. The van der Waals surface area contributed by atoms with E-state index in [9.17, 15) is 14.4 Å². The minimum absolute atomic E-state index is 0.0857. The number of nitrogens with one attached hydrogen (secondary N) is 2. The first kappa shape index (κ1) is 29.3. The molecule has 0 radical (unpaired) electrons. The molecule has 0 bridgehead atoms. The van der Waals surface area contributed by atoms with Crippen LogP contribution in [0.4, 0.5) is 9.18 Å². The molecule has 0 saturated carbocycles. The lowest BCUT2D eigenvalue weighted by Crippen LogP contribution is -2.71. The molecule has 0 spiro atoms. The number of alkyl halides is 1. The van der Waals surface area contributed by atoms with E-state index in [1.807, 2.05) is 0 Å². The number of hydrogen-bond donors (Lipinski definition) is 2. The van der Waals surface area contributed by atoms with Crippen molar-refractivity contribution in [2.75, 3.05) is 13.2 Å². The molecule has 1 saturated heterocycles. The van der Waals surface area contributed by atoms with Gasteiger partial charge in [-0.3, -0.25) is 10.1 Å². The van der Waals surface area contributed by atoms with Gasteiger partial charge in [-0.15, -0.1) is 0 Å². The zero-order chi connectivity index (χ0) is 24.4. The number of esters is 1. The Morgan fingerprint density at radius 2 is 1.27 bits per heavy atom. The summed E-state index contributed by atoms with van der Waals surface area (Å²) in [6.07, 6.45) is 18.1. The maximum atomic E-state index is 15.1. The average molecular weight is 473 g/mol. The Labute approximate surface area is 198 Å². The third-order valence-corrected chi connectivity index (χ3v) is 6.04. The molecule has 1 aliphatic heterocycles. The van der Waals surface area contributed by atoms with Gasteiger partial charge >= 0.3 is 17.7 Å². The molecular weight excluding hydrogens is 427 g/mol. The van der Waals surface area contributed by atoms with Gasteiger partial charge in [-0.05, 0) is 13.3 Å². The maximum absolute atomic E-state index is 15.1. The van der Waals surface area contributed by atoms with E-state index in [4.69, 9.17) is 4.74 Å². The van der Waals surface area contributed by atoms with Crippen molar-refractivity contribution in [3.63, 3.8) is 0 Å². The predicted octanol–water partition coefficient (Wildman–Crippen LogP) is 5.70. The van der Waals surface area contributed by atoms with Gasteiger partial charge in [0.05, 0.1) is 6.61 Å². The zero-order valence-electron chi connectivity index (χ0n) is 20.7. The van der Waals surface area contributed by atoms with Crippen LogP contribution in [0.5, 0.6) is 0 Å². The van der Waals surface area contributed by atoms with Gasteiger partial charge < -0.3 is 14.8 Å². The highest BCUT2D eigenvalue weighted by atomic mass is 19.1. The summed E-state index contributed by atoms with van der Waals surface area (Å²) in [6, 6.07) is -0.894. The Morgan fingerprint density at radius 3 is 1.73 bits per heavy atom. The number of rotatable bonds is 20. The SMILES string of the molecule is CCCCCCCCCCCCCCCCCCOC1NC(=O)NC(=O)C1(F)C(=O)OCC. The fourth-order valence-electron chi connectivity index (χ4n) is 4.01. The number of unbranched alkanes of at least 4 members (excludes halogenated alkanes) is 15. The third kappa shape index (κ3) is 11.3. The summed E-state index contributed by atoms with van der Waals surface area (Å²) < 4.78 is 25.1. The number of imide groups is 1. The summed E-state index contributed by atoms with van der Waals surface area (Å²) in [6.45, 7) is 3.81. The van der Waals surface area contributed by atoms with Crippen LogP contribution in [0.2, 0.25) is 0 Å². The van der Waals surface area contributed by atoms with Gasteiger partial charge in [0.1, 0.15) is 0 Å². The van der Waals surface area contributed by atoms with E-state index in [0.29, 0.717) is 6.42 Å². The van der Waals surface area contributed by atoms with Crippen molar-refractivity contribution >= 4 is 17.9 Å². The summed E-state index contributed by atoms with van der Waals surface area (Å²) in [5.74, 6) is -2.72. The van der Waals surface area contributed by atoms with Crippen molar-refractivity contribution in [3.05, 3.63) is 0 Å². The van der Waals surface area contributed by atoms with Gasteiger partial charge in [-0.2, -0.15) is 0 Å². The van der Waals surface area contributed by atoms with Gasteiger partial charge in [0.25, 0.3) is 5.91 Å². The Morgan fingerprint density at radius 1 is 0.818 bits per heavy atom.